The number of aromatic amines is 1. The molecule has 0 spiro atoms. The number of hydrogen-bond donors (Lipinski definition) is 2. The third-order valence-corrected chi connectivity index (χ3v) is 5.94. The van der Waals surface area contributed by atoms with Crippen molar-refractivity contribution in [3.8, 4) is 5.75 Å². The lowest BCUT2D eigenvalue weighted by Gasteiger charge is -2.24. The number of ether oxygens (including phenoxy) is 1. The van der Waals surface area contributed by atoms with Crippen LogP contribution in [0.4, 0.5) is 10.5 Å². The number of para-hydroxylation sites is 1. The van der Waals surface area contributed by atoms with Gasteiger partial charge in [-0.2, -0.15) is 0 Å². The first-order valence-corrected chi connectivity index (χ1v) is 11.4. The number of hydrogen-bond acceptors (Lipinski definition) is 3. The van der Waals surface area contributed by atoms with Gasteiger partial charge in [0.2, 0.25) is 0 Å². The molecular weight excluding hydrogens is 450 g/mol. The fourth-order valence-corrected chi connectivity index (χ4v) is 3.94. The Bertz CT molecular complexity index is 1370. The minimum Gasteiger partial charge on any atom is -0.496 e. The summed E-state index contributed by atoms with van der Waals surface area (Å²) >= 11 is 5.97. The molecule has 0 aliphatic heterocycles. The van der Waals surface area contributed by atoms with Crippen LogP contribution in [0.1, 0.15) is 23.6 Å². The number of benzene rings is 3. The monoisotopic (exact) mass is 475 g/mol. The van der Waals surface area contributed by atoms with Crippen LogP contribution in [-0.2, 0) is 19.5 Å². The first-order chi connectivity index (χ1) is 16.5. The van der Waals surface area contributed by atoms with Crippen molar-refractivity contribution in [3.63, 3.8) is 0 Å². The van der Waals surface area contributed by atoms with Crippen LogP contribution in [0, 0.1) is 0 Å². The van der Waals surface area contributed by atoms with Gasteiger partial charge in [0.15, 0.2) is 0 Å². The van der Waals surface area contributed by atoms with Crippen LogP contribution in [0.25, 0.3) is 10.9 Å². The number of fused-ring (bicyclic) bond motifs is 1. The number of urea groups is 1. The summed E-state index contributed by atoms with van der Waals surface area (Å²) in [6.45, 7) is 2.47. The number of H-pyrrole nitrogens is 1. The normalized spacial score (nSPS) is 10.8. The summed E-state index contributed by atoms with van der Waals surface area (Å²) in [7, 11) is 1.59. The molecule has 174 valence electrons. The minimum absolute atomic E-state index is 0.124. The molecule has 0 saturated heterocycles. The zero-order valence-electron chi connectivity index (χ0n) is 19.1. The van der Waals surface area contributed by atoms with E-state index < -0.39 is 0 Å². The topological polar surface area (TPSA) is 74.4 Å². The van der Waals surface area contributed by atoms with Crippen molar-refractivity contribution in [1.29, 1.82) is 0 Å². The molecule has 3 aromatic carbocycles. The number of amides is 2. The Kier molecular flexibility index (Phi) is 7.18. The summed E-state index contributed by atoms with van der Waals surface area (Å²) < 4.78 is 5.47. The molecule has 0 bridgehead atoms. The summed E-state index contributed by atoms with van der Waals surface area (Å²) in [4.78, 5) is 30.7. The Morgan fingerprint density at radius 2 is 1.74 bits per heavy atom. The number of anilines is 1. The lowest BCUT2D eigenvalue weighted by molar-refractivity contribution is 0.205. The molecule has 4 aromatic rings. The maximum absolute atomic E-state index is 13.3. The number of carbonyl (C=O) groups is 1. The molecule has 0 radical (unpaired) electrons. The van der Waals surface area contributed by atoms with Crippen LogP contribution in [0.2, 0.25) is 5.02 Å². The van der Waals surface area contributed by atoms with E-state index >= 15 is 0 Å². The van der Waals surface area contributed by atoms with E-state index in [4.69, 9.17) is 16.3 Å². The molecular formula is C27H26ClN3O3. The van der Waals surface area contributed by atoms with E-state index in [1.807, 2.05) is 42.5 Å². The number of methoxy groups -OCH3 is 1. The number of carbonyl (C=O) groups excluding carboxylic acids is 1. The third-order valence-electron chi connectivity index (χ3n) is 5.69. The summed E-state index contributed by atoms with van der Waals surface area (Å²) in [6.07, 6.45) is 0.897. The molecule has 7 heteroatoms. The standard InChI is InChI=1S/C27H26ClN3O3/c1-3-18-8-13-24-20(14-18)15-21(26(32)30-24)17-31(16-19-6-4-5-7-25(19)34-2)27(33)29-23-11-9-22(28)10-12-23/h4-15H,3,16-17H2,1-2H3,(H,29,33)(H,30,32). The van der Waals surface area contributed by atoms with Crippen LogP contribution in [0.15, 0.2) is 77.6 Å². The molecule has 0 saturated carbocycles. The maximum Gasteiger partial charge on any atom is 0.322 e. The Balaban J connectivity index is 1.68. The van der Waals surface area contributed by atoms with Gasteiger partial charge in [-0.1, -0.05) is 42.8 Å². The number of nitrogens with one attached hydrogen (secondary N) is 2. The molecule has 0 atom stereocenters. The van der Waals surface area contributed by atoms with E-state index in [9.17, 15) is 9.59 Å². The van der Waals surface area contributed by atoms with E-state index in [0.29, 0.717) is 22.0 Å². The predicted molar refractivity (Wildman–Crippen MR) is 137 cm³/mol. The summed E-state index contributed by atoms with van der Waals surface area (Å²) in [5.41, 5.74) is 3.67. The molecule has 1 aromatic heterocycles. The second-order valence-corrected chi connectivity index (χ2v) is 8.44. The van der Waals surface area contributed by atoms with Crippen molar-refractivity contribution < 1.29 is 9.53 Å². The van der Waals surface area contributed by atoms with E-state index in [0.717, 1.165) is 22.9 Å². The fourth-order valence-electron chi connectivity index (χ4n) is 3.82. The molecule has 0 fully saturated rings. The van der Waals surface area contributed by atoms with Crippen LogP contribution in [0.5, 0.6) is 5.75 Å². The number of aryl methyl sites for hydroxylation is 1. The number of nitrogens with zero attached hydrogens (tertiary/aromatic N) is 1. The first-order valence-electron chi connectivity index (χ1n) is 11.0. The molecule has 0 unspecified atom stereocenters. The number of rotatable bonds is 7. The number of pyridine rings is 1. The molecule has 2 amide bonds. The van der Waals surface area contributed by atoms with E-state index in [1.54, 1.807) is 36.3 Å². The molecule has 1 heterocycles. The largest absolute Gasteiger partial charge is 0.496 e. The van der Waals surface area contributed by atoms with Crippen molar-refractivity contribution in [3.05, 3.63) is 105 Å². The third kappa shape index (κ3) is 5.41. The minimum atomic E-state index is -0.338. The zero-order valence-corrected chi connectivity index (χ0v) is 19.9. The Hall–Kier alpha value is -3.77. The van der Waals surface area contributed by atoms with Gasteiger partial charge in [0.1, 0.15) is 5.75 Å². The SMILES string of the molecule is CCc1ccc2[nH]c(=O)c(CN(Cc3ccccc3OC)C(=O)Nc3ccc(Cl)cc3)cc2c1. The second-order valence-electron chi connectivity index (χ2n) is 8.00. The summed E-state index contributed by atoms with van der Waals surface area (Å²) in [5.74, 6) is 0.673. The van der Waals surface area contributed by atoms with E-state index in [2.05, 4.69) is 23.3 Å². The van der Waals surface area contributed by atoms with Crippen LogP contribution >= 0.6 is 11.6 Å². The molecule has 6 nitrogen and oxygen atoms in total. The quantitative estimate of drug-likeness (QED) is 0.345. The molecule has 0 aliphatic rings. The van der Waals surface area contributed by atoms with Gasteiger partial charge in [-0.25, -0.2) is 4.79 Å². The van der Waals surface area contributed by atoms with E-state index in [-0.39, 0.29) is 24.7 Å². The van der Waals surface area contributed by atoms with Gasteiger partial charge in [-0.3, -0.25) is 4.79 Å². The molecule has 4 rings (SSSR count). The van der Waals surface area contributed by atoms with Gasteiger partial charge in [0.05, 0.1) is 20.2 Å². The van der Waals surface area contributed by atoms with Gasteiger partial charge in [0.25, 0.3) is 5.56 Å². The van der Waals surface area contributed by atoms with Crippen molar-refractivity contribution >= 4 is 34.2 Å². The van der Waals surface area contributed by atoms with Gasteiger partial charge >= 0.3 is 6.03 Å². The van der Waals surface area contributed by atoms with Gasteiger partial charge in [-0.05, 0) is 65.9 Å². The number of aromatic nitrogens is 1. The van der Waals surface area contributed by atoms with Crippen LogP contribution in [-0.4, -0.2) is 23.0 Å². The highest BCUT2D eigenvalue weighted by Crippen LogP contribution is 2.22. The van der Waals surface area contributed by atoms with E-state index in [1.165, 1.54) is 5.56 Å². The average molecular weight is 476 g/mol. The first kappa shape index (κ1) is 23.4. The van der Waals surface area contributed by atoms with Gasteiger partial charge in [-0.15, -0.1) is 0 Å². The smallest absolute Gasteiger partial charge is 0.322 e. The maximum atomic E-state index is 13.3. The van der Waals surface area contributed by atoms with Gasteiger partial charge < -0.3 is 19.9 Å². The summed E-state index contributed by atoms with van der Waals surface area (Å²) in [5, 5.41) is 4.41. The molecule has 34 heavy (non-hydrogen) atoms. The van der Waals surface area contributed by atoms with Crippen molar-refractivity contribution in [1.82, 2.24) is 9.88 Å². The zero-order chi connectivity index (χ0) is 24.1. The fraction of sp³-hybridized carbons (Fsp3) is 0.185. The van der Waals surface area contributed by atoms with Crippen LogP contribution in [0.3, 0.4) is 0 Å². The highest BCUT2D eigenvalue weighted by Gasteiger charge is 2.19. The molecule has 2 N–H and O–H groups in total. The van der Waals surface area contributed by atoms with Crippen molar-refractivity contribution in [2.24, 2.45) is 0 Å². The predicted octanol–water partition coefficient (Wildman–Crippen LogP) is 5.99. The highest BCUT2D eigenvalue weighted by atomic mass is 35.5. The highest BCUT2D eigenvalue weighted by molar-refractivity contribution is 6.30. The Morgan fingerprint density at radius 1 is 1.00 bits per heavy atom. The van der Waals surface area contributed by atoms with Crippen LogP contribution < -0.4 is 15.6 Å². The lowest BCUT2D eigenvalue weighted by Crippen LogP contribution is -2.35. The van der Waals surface area contributed by atoms with Crippen molar-refractivity contribution in [2.75, 3.05) is 12.4 Å². The van der Waals surface area contributed by atoms with Crippen molar-refractivity contribution in [2.45, 2.75) is 26.4 Å². The Morgan fingerprint density at radius 3 is 2.47 bits per heavy atom. The number of halogens is 1. The average Bonchev–Trinajstić information content (AvgIpc) is 2.85. The second kappa shape index (κ2) is 10.4. The lowest BCUT2D eigenvalue weighted by atomic mass is 10.1. The molecule has 0 aliphatic carbocycles. The summed E-state index contributed by atoms with van der Waals surface area (Å²) in [6, 6.07) is 21.9. The Labute approximate surface area is 203 Å². The van der Waals surface area contributed by atoms with Gasteiger partial charge in [0, 0.05) is 27.4 Å².